The number of anilines is 1. The third-order valence-corrected chi connectivity index (χ3v) is 3.46. The Morgan fingerprint density at radius 2 is 2.21 bits per heavy atom. The Kier molecular flexibility index (Phi) is 6.89. The van der Waals surface area contributed by atoms with Crippen LogP contribution in [0.25, 0.3) is 0 Å². The predicted molar refractivity (Wildman–Crippen MR) is 81.9 cm³/mol. The summed E-state index contributed by atoms with van der Waals surface area (Å²) in [6.45, 7) is 4.00. The lowest BCUT2D eigenvalue weighted by atomic mass is 9.98. The molecule has 4 heteroatoms. The summed E-state index contributed by atoms with van der Waals surface area (Å²) in [5, 5.41) is 6.37. The van der Waals surface area contributed by atoms with E-state index >= 15 is 0 Å². The highest BCUT2D eigenvalue weighted by Crippen LogP contribution is 2.19. The first-order chi connectivity index (χ1) is 8.81. The van der Waals surface area contributed by atoms with E-state index in [0.29, 0.717) is 0 Å². The number of nitrogens with one attached hydrogen (secondary N) is 2. The van der Waals surface area contributed by atoms with E-state index in [1.54, 1.807) is 0 Å². The van der Waals surface area contributed by atoms with E-state index in [0.717, 1.165) is 44.5 Å². The molecule has 0 spiro atoms. The Morgan fingerprint density at radius 1 is 1.42 bits per heavy atom. The number of amides is 1. The van der Waals surface area contributed by atoms with Crippen LogP contribution in [0.3, 0.4) is 0 Å². The van der Waals surface area contributed by atoms with Gasteiger partial charge in [-0.15, -0.1) is 12.4 Å². The molecular formula is C15H23ClN2O. The molecule has 1 atom stereocenters. The van der Waals surface area contributed by atoms with Gasteiger partial charge in [-0.25, -0.2) is 0 Å². The van der Waals surface area contributed by atoms with Crippen molar-refractivity contribution in [3.63, 3.8) is 0 Å². The molecule has 1 aliphatic rings. The SMILES string of the molecule is CCCc1ccccc1NC(=O)C1CCCNC1.Cl. The zero-order valence-electron chi connectivity index (χ0n) is 11.4. The summed E-state index contributed by atoms with van der Waals surface area (Å²) in [4.78, 5) is 12.2. The minimum atomic E-state index is 0. The third kappa shape index (κ3) is 4.51. The van der Waals surface area contributed by atoms with Crippen molar-refractivity contribution in [2.24, 2.45) is 5.92 Å². The van der Waals surface area contributed by atoms with Crippen molar-refractivity contribution in [3.8, 4) is 0 Å². The van der Waals surface area contributed by atoms with Gasteiger partial charge in [0, 0.05) is 12.2 Å². The maximum Gasteiger partial charge on any atom is 0.228 e. The van der Waals surface area contributed by atoms with E-state index in [1.165, 1.54) is 5.56 Å². The Balaban J connectivity index is 0.00000180. The monoisotopic (exact) mass is 282 g/mol. The van der Waals surface area contributed by atoms with Crippen molar-refractivity contribution in [3.05, 3.63) is 29.8 Å². The van der Waals surface area contributed by atoms with Crippen LogP contribution in [0.4, 0.5) is 5.69 Å². The maximum atomic E-state index is 12.2. The van der Waals surface area contributed by atoms with Crippen LogP contribution < -0.4 is 10.6 Å². The summed E-state index contributed by atoms with van der Waals surface area (Å²) in [6.07, 6.45) is 4.20. The highest BCUT2D eigenvalue weighted by atomic mass is 35.5. The minimum absolute atomic E-state index is 0. The van der Waals surface area contributed by atoms with Crippen molar-refractivity contribution in [1.82, 2.24) is 5.32 Å². The summed E-state index contributed by atoms with van der Waals surface area (Å²) in [7, 11) is 0. The molecule has 1 saturated heterocycles. The van der Waals surface area contributed by atoms with E-state index < -0.39 is 0 Å². The van der Waals surface area contributed by atoms with Crippen LogP contribution in [0, 0.1) is 5.92 Å². The highest BCUT2D eigenvalue weighted by molar-refractivity contribution is 5.93. The molecule has 0 aromatic heterocycles. The van der Waals surface area contributed by atoms with E-state index in [4.69, 9.17) is 0 Å². The smallest absolute Gasteiger partial charge is 0.228 e. The van der Waals surface area contributed by atoms with Gasteiger partial charge >= 0.3 is 0 Å². The zero-order chi connectivity index (χ0) is 12.8. The number of para-hydroxylation sites is 1. The molecule has 106 valence electrons. The molecule has 1 aliphatic heterocycles. The Morgan fingerprint density at radius 3 is 2.89 bits per heavy atom. The lowest BCUT2D eigenvalue weighted by Crippen LogP contribution is -2.37. The van der Waals surface area contributed by atoms with Gasteiger partial charge in [-0.3, -0.25) is 4.79 Å². The molecule has 1 aromatic carbocycles. The van der Waals surface area contributed by atoms with Crippen molar-refractivity contribution in [1.29, 1.82) is 0 Å². The summed E-state index contributed by atoms with van der Waals surface area (Å²) >= 11 is 0. The van der Waals surface area contributed by atoms with Gasteiger partial charge < -0.3 is 10.6 Å². The van der Waals surface area contributed by atoms with Crippen LogP contribution in [0.5, 0.6) is 0 Å². The van der Waals surface area contributed by atoms with Gasteiger partial charge in [0.25, 0.3) is 0 Å². The van der Waals surface area contributed by atoms with E-state index in [2.05, 4.69) is 23.6 Å². The molecule has 1 amide bonds. The van der Waals surface area contributed by atoms with Crippen molar-refractivity contribution in [2.75, 3.05) is 18.4 Å². The first-order valence-corrected chi connectivity index (χ1v) is 6.90. The molecule has 2 rings (SSSR count). The van der Waals surface area contributed by atoms with E-state index in [-0.39, 0.29) is 24.2 Å². The molecule has 0 aliphatic carbocycles. The number of carbonyl (C=O) groups is 1. The standard InChI is InChI=1S/C15H22N2O.ClH/c1-2-6-12-7-3-4-9-14(12)17-15(18)13-8-5-10-16-11-13;/h3-4,7,9,13,16H,2,5-6,8,10-11H2,1H3,(H,17,18);1H. The quantitative estimate of drug-likeness (QED) is 0.891. The van der Waals surface area contributed by atoms with Crippen LogP contribution in [0.1, 0.15) is 31.7 Å². The molecule has 3 nitrogen and oxygen atoms in total. The van der Waals surface area contributed by atoms with Crippen LogP contribution >= 0.6 is 12.4 Å². The fourth-order valence-electron chi connectivity index (χ4n) is 2.44. The molecule has 1 unspecified atom stereocenters. The maximum absolute atomic E-state index is 12.2. The normalized spacial score (nSPS) is 18.5. The fourth-order valence-corrected chi connectivity index (χ4v) is 2.44. The molecule has 1 heterocycles. The fraction of sp³-hybridized carbons (Fsp3) is 0.533. The second kappa shape index (κ2) is 8.18. The largest absolute Gasteiger partial charge is 0.326 e. The van der Waals surface area contributed by atoms with Crippen molar-refractivity contribution in [2.45, 2.75) is 32.6 Å². The number of aryl methyl sites for hydroxylation is 1. The number of hydrogen-bond donors (Lipinski definition) is 2. The van der Waals surface area contributed by atoms with Crippen LogP contribution in [-0.2, 0) is 11.2 Å². The number of carbonyl (C=O) groups excluding carboxylic acids is 1. The second-order valence-corrected chi connectivity index (χ2v) is 4.94. The number of rotatable bonds is 4. The van der Waals surface area contributed by atoms with Gasteiger partial charge in [-0.2, -0.15) is 0 Å². The molecule has 1 fully saturated rings. The summed E-state index contributed by atoms with van der Waals surface area (Å²) in [5.41, 5.74) is 2.21. The Labute approximate surface area is 121 Å². The number of hydrogen-bond acceptors (Lipinski definition) is 2. The molecule has 2 N–H and O–H groups in total. The van der Waals surface area contributed by atoms with Crippen molar-refractivity contribution >= 4 is 24.0 Å². The molecule has 0 bridgehead atoms. The summed E-state index contributed by atoms with van der Waals surface area (Å²) < 4.78 is 0. The van der Waals surface area contributed by atoms with Gasteiger partial charge in [-0.1, -0.05) is 31.5 Å². The topological polar surface area (TPSA) is 41.1 Å². The molecule has 19 heavy (non-hydrogen) atoms. The number of halogens is 1. The first kappa shape index (κ1) is 16.0. The van der Waals surface area contributed by atoms with E-state index in [1.807, 2.05) is 18.2 Å². The van der Waals surface area contributed by atoms with Gasteiger partial charge in [0.1, 0.15) is 0 Å². The summed E-state index contributed by atoms with van der Waals surface area (Å²) in [6, 6.07) is 8.11. The van der Waals surface area contributed by atoms with Gasteiger partial charge in [0.2, 0.25) is 5.91 Å². The van der Waals surface area contributed by atoms with Gasteiger partial charge in [0.05, 0.1) is 5.92 Å². The van der Waals surface area contributed by atoms with Gasteiger partial charge in [0.15, 0.2) is 0 Å². The number of benzene rings is 1. The van der Waals surface area contributed by atoms with Gasteiger partial charge in [-0.05, 0) is 37.4 Å². The molecule has 0 radical (unpaired) electrons. The zero-order valence-corrected chi connectivity index (χ0v) is 12.3. The lowest BCUT2D eigenvalue weighted by molar-refractivity contribution is -0.120. The van der Waals surface area contributed by atoms with E-state index in [9.17, 15) is 4.79 Å². The molecule has 1 aromatic rings. The Hall–Kier alpha value is -1.06. The minimum Gasteiger partial charge on any atom is -0.326 e. The summed E-state index contributed by atoms with van der Waals surface area (Å²) in [5.74, 6) is 0.277. The second-order valence-electron chi connectivity index (χ2n) is 4.94. The first-order valence-electron chi connectivity index (χ1n) is 6.90. The third-order valence-electron chi connectivity index (χ3n) is 3.46. The predicted octanol–water partition coefficient (Wildman–Crippen LogP) is 3.00. The van der Waals surface area contributed by atoms with Crippen LogP contribution in [-0.4, -0.2) is 19.0 Å². The van der Waals surface area contributed by atoms with Crippen LogP contribution in [0.2, 0.25) is 0 Å². The average Bonchev–Trinajstić information content (AvgIpc) is 2.42. The van der Waals surface area contributed by atoms with Crippen molar-refractivity contribution < 1.29 is 4.79 Å². The number of piperidine rings is 1. The molecule has 0 saturated carbocycles. The molecular weight excluding hydrogens is 260 g/mol. The Bertz CT molecular complexity index is 403. The lowest BCUT2D eigenvalue weighted by Gasteiger charge is -2.22. The highest BCUT2D eigenvalue weighted by Gasteiger charge is 2.21. The van der Waals surface area contributed by atoms with Crippen LogP contribution in [0.15, 0.2) is 24.3 Å². The average molecular weight is 283 g/mol.